The Balaban J connectivity index is 3.13. The average Bonchev–Trinajstić information content (AvgIpc) is 2.29. The van der Waals surface area contributed by atoms with Crippen molar-refractivity contribution >= 4 is 6.08 Å². The third kappa shape index (κ3) is 2.77. The van der Waals surface area contributed by atoms with Crippen molar-refractivity contribution in [3.63, 3.8) is 0 Å². The summed E-state index contributed by atoms with van der Waals surface area (Å²) in [6.07, 6.45) is 1.83. The number of benzene rings is 1. The summed E-state index contributed by atoms with van der Waals surface area (Å²) in [7, 11) is 0. The second kappa shape index (κ2) is 5.17. The molecule has 5 nitrogen and oxygen atoms in total. The zero-order valence-electron chi connectivity index (χ0n) is 10.1. The van der Waals surface area contributed by atoms with Crippen molar-refractivity contribution in [1.29, 1.82) is 0 Å². The van der Waals surface area contributed by atoms with Gasteiger partial charge in [0.2, 0.25) is 0 Å². The van der Waals surface area contributed by atoms with Crippen molar-refractivity contribution in [2.75, 3.05) is 0 Å². The molecule has 0 radical (unpaired) electrons. The lowest BCUT2D eigenvalue weighted by Crippen LogP contribution is -2.57. The SMILES string of the molecule is C=Cc1ccc(C(CC)C(O)(O)C(O)(O)O)cc1. The molecule has 100 valence electrons. The lowest BCUT2D eigenvalue weighted by atomic mass is 9.86. The van der Waals surface area contributed by atoms with Crippen LogP contribution in [0.5, 0.6) is 0 Å². The molecule has 0 spiro atoms. The van der Waals surface area contributed by atoms with Crippen molar-refractivity contribution in [1.82, 2.24) is 0 Å². The van der Waals surface area contributed by atoms with Gasteiger partial charge in [-0.15, -0.1) is 0 Å². The Bertz CT molecular complexity index is 402. The van der Waals surface area contributed by atoms with E-state index in [1.807, 2.05) is 0 Å². The summed E-state index contributed by atoms with van der Waals surface area (Å²) in [5.41, 5.74) is 1.31. The molecule has 1 rings (SSSR count). The van der Waals surface area contributed by atoms with E-state index in [-0.39, 0.29) is 6.42 Å². The van der Waals surface area contributed by atoms with Crippen molar-refractivity contribution < 1.29 is 25.5 Å². The van der Waals surface area contributed by atoms with E-state index in [0.717, 1.165) is 5.56 Å². The van der Waals surface area contributed by atoms with Crippen LogP contribution in [0.25, 0.3) is 6.08 Å². The van der Waals surface area contributed by atoms with E-state index in [4.69, 9.17) is 15.3 Å². The highest BCUT2D eigenvalue weighted by molar-refractivity contribution is 5.47. The van der Waals surface area contributed by atoms with Gasteiger partial charge >= 0.3 is 5.97 Å². The normalized spacial score (nSPS) is 14.3. The van der Waals surface area contributed by atoms with Crippen LogP contribution in [0.4, 0.5) is 0 Å². The van der Waals surface area contributed by atoms with Gasteiger partial charge in [0, 0.05) is 5.92 Å². The summed E-state index contributed by atoms with van der Waals surface area (Å²) in [4.78, 5) is 0. The first-order valence-electron chi connectivity index (χ1n) is 5.58. The maximum atomic E-state index is 9.68. The van der Waals surface area contributed by atoms with Crippen molar-refractivity contribution in [3.05, 3.63) is 42.0 Å². The smallest absolute Gasteiger partial charge is 0.333 e. The molecule has 0 fully saturated rings. The van der Waals surface area contributed by atoms with Gasteiger partial charge in [0.1, 0.15) is 0 Å². The highest BCUT2D eigenvalue weighted by Crippen LogP contribution is 2.35. The molecule has 0 amide bonds. The molecule has 1 aromatic carbocycles. The van der Waals surface area contributed by atoms with E-state index in [1.54, 1.807) is 37.3 Å². The van der Waals surface area contributed by atoms with Crippen LogP contribution < -0.4 is 0 Å². The van der Waals surface area contributed by atoms with Crippen molar-refractivity contribution in [3.8, 4) is 0 Å². The third-order valence-corrected chi connectivity index (χ3v) is 2.96. The van der Waals surface area contributed by atoms with Crippen LogP contribution in [0, 0.1) is 0 Å². The highest BCUT2D eigenvalue weighted by atomic mass is 16.7. The first kappa shape index (κ1) is 14.8. The minimum atomic E-state index is -3.59. The Labute approximate surface area is 105 Å². The fourth-order valence-corrected chi connectivity index (χ4v) is 1.85. The van der Waals surface area contributed by atoms with Crippen LogP contribution in [0.3, 0.4) is 0 Å². The standard InChI is InChI=1S/C13H18O5/c1-3-9-5-7-10(8-6-9)11(4-2)12(14,15)13(16,17)18/h3,5-8,11,14-18H,1,4H2,2H3. The van der Waals surface area contributed by atoms with Crippen molar-refractivity contribution in [2.45, 2.75) is 31.0 Å². The van der Waals surface area contributed by atoms with Crippen LogP contribution in [-0.4, -0.2) is 37.3 Å². The predicted molar refractivity (Wildman–Crippen MR) is 66.1 cm³/mol. The zero-order chi connectivity index (χ0) is 14.0. The van der Waals surface area contributed by atoms with Gasteiger partial charge in [-0.3, -0.25) is 0 Å². The summed E-state index contributed by atoms with van der Waals surface area (Å²) in [5, 5.41) is 46.4. The van der Waals surface area contributed by atoms with Gasteiger partial charge in [0.05, 0.1) is 0 Å². The molecule has 1 unspecified atom stereocenters. The Morgan fingerprint density at radius 1 is 1.11 bits per heavy atom. The Kier molecular flexibility index (Phi) is 4.26. The molecule has 18 heavy (non-hydrogen) atoms. The largest absolute Gasteiger partial charge is 0.359 e. The number of hydrogen-bond donors (Lipinski definition) is 5. The van der Waals surface area contributed by atoms with Gasteiger partial charge in [-0.1, -0.05) is 43.8 Å². The Morgan fingerprint density at radius 2 is 1.61 bits per heavy atom. The molecular weight excluding hydrogens is 236 g/mol. The molecule has 0 aliphatic heterocycles. The maximum Gasteiger partial charge on any atom is 0.333 e. The zero-order valence-corrected chi connectivity index (χ0v) is 10.1. The summed E-state index contributed by atoms with van der Waals surface area (Å²) >= 11 is 0. The van der Waals surface area contributed by atoms with E-state index in [0.29, 0.717) is 5.56 Å². The second-order valence-electron chi connectivity index (χ2n) is 4.19. The molecule has 0 bridgehead atoms. The minimum absolute atomic E-state index is 0.198. The number of aliphatic hydroxyl groups is 5. The van der Waals surface area contributed by atoms with Crippen LogP contribution in [0.15, 0.2) is 30.8 Å². The first-order chi connectivity index (χ1) is 8.24. The lowest BCUT2D eigenvalue weighted by molar-refractivity contribution is -0.452. The quantitative estimate of drug-likeness (QED) is 0.481. The summed E-state index contributed by atoms with van der Waals surface area (Å²) < 4.78 is 0. The molecule has 0 saturated carbocycles. The van der Waals surface area contributed by atoms with Gasteiger partial charge in [0.25, 0.3) is 5.79 Å². The predicted octanol–water partition coefficient (Wildman–Crippen LogP) is 0.135. The van der Waals surface area contributed by atoms with E-state index in [9.17, 15) is 10.2 Å². The molecule has 0 heterocycles. The fourth-order valence-electron chi connectivity index (χ4n) is 1.85. The van der Waals surface area contributed by atoms with Crippen LogP contribution >= 0.6 is 0 Å². The van der Waals surface area contributed by atoms with Gasteiger partial charge in [-0.2, -0.15) is 0 Å². The summed E-state index contributed by atoms with van der Waals surface area (Å²) in [5.74, 6) is -7.70. The fraction of sp³-hybridized carbons (Fsp3) is 0.385. The molecule has 5 heteroatoms. The van der Waals surface area contributed by atoms with E-state index in [1.165, 1.54) is 0 Å². The first-order valence-corrected chi connectivity index (χ1v) is 5.58. The van der Waals surface area contributed by atoms with E-state index < -0.39 is 17.7 Å². The molecule has 1 atom stereocenters. The Hall–Kier alpha value is -1.24. The monoisotopic (exact) mass is 254 g/mol. The van der Waals surface area contributed by atoms with E-state index >= 15 is 0 Å². The van der Waals surface area contributed by atoms with Crippen LogP contribution in [-0.2, 0) is 0 Å². The number of rotatable bonds is 5. The summed E-state index contributed by atoms with van der Waals surface area (Å²) in [6.45, 7) is 5.23. The molecule has 0 aliphatic carbocycles. The van der Waals surface area contributed by atoms with Gasteiger partial charge in [0.15, 0.2) is 0 Å². The topological polar surface area (TPSA) is 101 Å². The summed E-state index contributed by atoms with van der Waals surface area (Å²) in [6, 6.07) is 6.62. The Morgan fingerprint density at radius 3 is 1.94 bits per heavy atom. The second-order valence-corrected chi connectivity index (χ2v) is 4.19. The third-order valence-electron chi connectivity index (χ3n) is 2.96. The molecule has 0 aliphatic rings. The lowest BCUT2D eigenvalue weighted by Gasteiger charge is -2.36. The molecule has 1 aromatic rings. The maximum absolute atomic E-state index is 9.68. The minimum Gasteiger partial charge on any atom is -0.359 e. The molecule has 0 saturated heterocycles. The van der Waals surface area contributed by atoms with Crippen LogP contribution in [0.1, 0.15) is 30.4 Å². The average molecular weight is 254 g/mol. The molecule has 0 aromatic heterocycles. The highest BCUT2D eigenvalue weighted by Gasteiger charge is 2.52. The van der Waals surface area contributed by atoms with Gasteiger partial charge in [-0.25, -0.2) is 0 Å². The number of hydrogen-bond acceptors (Lipinski definition) is 5. The molecular formula is C13H18O5. The van der Waals surface area contributed by atoms with Gasteiger partial charge < -0.3 is 25.5 Å². The molecule has 5 N–H and O–H groups in total. The van der Waals surface area contributed by atoms with Crippen molar-refractivity contribution in [2.24, 2.45) is 0 Å². The van der Waals surface area contributed by atoms with E-state index in [2.05, 4.69) is 6.58 Å². The van der Waals surface area contributed by atoms with Gasteiger partial charge in [-0.05, 0) is 17.5 Å². The van der Waals surface area contributed by atoms with Crippen LogP contribution in [0.2, 0.25) is 0 Å².